The van der Waals surface area contributed by atoms with E-state index in [4.69, 9.17) is 0 Å². The van der Waals surface area contributed by atoms with Crippen LogP contribution in [0.15, 0.2) is 70.3 Å². The average Bonchev–Trinajstić information content (AvgIpc) is 3.20. The summed E-state index contributed by atoms with van der Waals surface area (Å²) in [5, 5.41) is 0.999. The number of aromatic amines is 1. The maximum Gasteiger partial charge on any atom is 0.249 e. The van der Waals surface area contributed by atoms with Gasteiger partial charge >= 0.3 is 0 Å². The van der Waals surface area contributed by atoms with E-state index in [1.54, 1.807) is 24.5 Å². The molecule has 0 aliphatic carbocycles. The van der Waals surface area contributed by atoms with Crippen LogP contribution in [0.4, 0.5) is 4.39 Å². The number of benzene rings is 2. The van der Waals surface area contributed by atoms with Crippen LogP contribution < -0.4 is 0 Å². The van der Waals surface area contributed by atoms with Crippen molar-refractivity contribution in [1.82, 2.24) is 9.97 Å². The van der Waals surface area contributed by atoms with Gasteiger partial charge in [0.15, 0.2) is 5.75 Å². The van der Waals surface area contributed by atoms with Crippen LogP contribution in [0.25, 0.3) is 22.2 Å². The molecule has 2 aromatic carbocycles. The lowest BCUT2D eigenvalue weighted by Crippen LogP contribution is -2.16. The Morgan fingerprint density at radius 3 is 2.83 bits per heavy atom. The van der Waals surface area contributed by atoms with Gasteiger partial charge in [0, 0.05) is 29.6 Å². The molecule has 0 spiro atoms. The van der Waals surface area contributed by atoms with Crippen LogP contribution in [0.3, 0.4) is 0 Å². The van der Waals surface area contributed by atoms with Gasteiger partial charge in [0.05, 0.1) is 21.9 Å². The van der Waals surface area contributed by atoms with Crippen LogP contribution in [0, 0.1) is 12.7 Å². The molecule has 0 aliphatic rings. The van der Waals surface area contributed by atoms with Gasteiger partial charge in [-0.25, -0.2) is 4.39 Å². The standard InChI is InChI=1S/C22H18BrFN2O2S/c1-14-10-19(23)20(24)11-16(14)7-9-29(27,28)17-12-21(26-13-17)18-6-2-4-15-5-3-8-25-22(15)18/h2-6,8,10-13,26H,7,9H2,1H3/p+1. The van der Waals surface area contributed by atoms with E-state index in [-0.39, 0.29) is 11.6 Å². The number of hydrogen-bond acceptors (Lipinski definition) is 2. The minimum absolute atomic E-state index is 0.0139. The zero-order valence-electron chi connectivity index (χ0n) is 15.7. The first-order valence-corrected chi connectivity index (χ1v) is 11.5. The highest BCUT2D eigenvalue weighted by Crippen LogP contribution is 2.30. The molecule has 29 heavy (non-hydrogen) atoms. The number of hydrogen-bond donors (Lipinski definition) is 2. The van der Waals surface area contributed by atoms with E-state index < -0.39 is 10.2 Å². The maximum atomic E-state index is 13.8. The fraction of sp³-hybridized carbons (Fsp3) is 0.136. The molecular formula is C22H19BrFN2O2S+. The molecule has 4 nitrogen and oxygen atoms in total. The van der Waals surface area contributed by atoms with Crippen LogP contribution in [0.2, 0.25) is 0 Å². The Hall–Kier alpha value is -2.35. The van der Waals surface area contributed by atoms with Gasteiger partial charge in [-0.2, -0.15) is 4.55 Å². The predicted octanol–water partition coefficient (Wildman–Crippen LogP) is 6.01. The molecule has 1 unspecified atom stereocenters. The zero-order valence-corrected chi connectivity index (χ0v) is 18.1. The van der Waals surface area contributed by atoms with Crippen molar-refractivity contribution in [2.24, 2.45) is 0 Å². The van der Waals surface area contributed by atoms with E-state index in [0.717, 1.165) is 33.3 Å². The van der Waals surface area contributed by atoms with Crippen molar-refractivity contribution >= 4 is 37.0 Å². The molecule has 0 amide bonds. The zero-order chi connectivity index (χ0) is 20.6. The lowest BCUT2D eigenvalue weighted by Gasteiger charge is -2.07. The number of aryl methyl sites for hydroxylation is 2. The van der Waals surface area contributed by atoms with Gasteiger partial charge < -0.3 is 4.98 Å². The summed E-state index contributed by atoms with van der Waals surface area (Å²) < 4.78 is 37.8. The Kier molecular flexibility index (Phi) is 5.38. The molecule has 4 rings (SSSR count). The average molecular weight is 474 g/mol. The smallest absolute Gasteiger partial charge is 0.249 e. The molecule has 1 atom stereocenters. The molecule has 2 heterocycles. The Labute approximate surface area is 177 Å². The summed E-state index contributed by atoms with van der Waals surface area (Å²) in [6.45, 7) is 1.86. The third kappa shape index (κ3) is 4.03. The van der Waals surface area contributed by atoms with E-state index in [1.807, 2.05) is 37.3 Å². The second kappa shape index (κ2) is 7.82. The predicted molar refractivity (Wildman–Crippen MR) is 118 cm³/mol. The van der Waals surface area contributed by atoms with Crippen molar-refractivity contribution in [3.8, 4) is 11.3 Å². The van der Waals surface area contributed by atoms with Crippen LogP contribution >= 0.6 is 15.9 Å². The van der Waals surface area contributed by atoms with Gasteiger partial charge in [-0.15, -0.1) is 0 Å². The minimum atomic E-state index is -3.27. The van der Waals surface area contributed by atoms with Crippen LogP contribution in [0.1, 0.15) is 11.1 Å². The normalized spacial score (nSPS) is 13.5. The van der Waals surface area contributed by atoms with Crippen molar-refractivity contribution in [1.29, 1.82) is 0 Å². The molecule has 0 saturated heterocycles. The number of nitrogens with one attached hydrogen (secondary N) is 1. The Morgan fingerprint density at radius 1 is 1.21 bits per heavy atom. The lowest BCUT2D eigenvalue weighted by molar-refractivity contribution is 0.496. The fourth-order valence-corrected chi connectivity index (χ4v) is 5.09. The largest absolute Gasteiger partial charge is 0.357 e. The second-order valence-corrected chi connectivity index (χ2v) is 9.93. The molecule has 0 bridgehead atoms. The van der Waals surface area contributed by atoms with Gasteiger partial charge in [0.1, 0.15) is 5.82 Å². The Bertz CT molecular complexity index is 1250. The summed E-state index contributed by atoms with van der Waals surface area (Å²) in [6.07, 6.45) is 3.60. The molecular weight excluding hydrogens is 455 g/mol. The first-order chi connectivity index (χ1) is 13.8. The van der Waals surface area contributed by atoms with Gasteiger partial charge in [-0.05, 0) is 52.2 Å². The monoisotopic (exact) mass is 473 g/mol. The molecule has 7 heteroatoms. The third-order valence-electron chi connectivity index (χ3n) is 4.97. The molecule has 2 N–H and O–H groups in total. The first-order valence-electron chi connectivity index (χ1n) is 9.06. The summed E-state index contributed by atoms with van der Waals surface area (Å²) in [7, 11) is -3.27. The lowest BCUT2D eigenvalue weighted by atomic mass is 10.1. The molecule has 0 saturated carbocycles. The van der Waals surface area contributed by atoms with Gasteiger partial charge in [-0.1, -0.05) is 28.5 Å². The molecule has 0 radical (unpaired) electrons. The van der Waals surface area contributed by atoms with E-state index in [9.17, 15) is 13.2 Å². The minimum Gasteiger partial charge on any atom is -0.357 e. The second-order valence-electron chi connectivity index (χ2n) is 6.92. The van der Waals surface area contributed by atoms with E-state index >= 15 is 0 Å². The van der Waals surface area contributed by atoms with Crippen molar-refractivity contribution in [2.45, 2.75) is 18.2 Å². The van der Waals surface area contributed by atoms with Crippen molar-refractivity contribution in [3.63, 3.8) is 0 Å². The maximum absolute atomic E-state index is 13.8. The van der Waals surface area contributed by atoms with Gasteiger partial charge in [0.25, 0.3) is 0 Å². The summed E-state index contributed by atoms with van der Waals surface area (Å²) in [6, 6.07) is 14.5. The van der Waals surface area contributed by atoms with Gasteiger partial charge in [0.2, 0.25) is 15.1 Å². The number of aromatic nitrogens is 2. The topological polar surface area (TPSA) is 66.0 Å². The Morgan fingerprint density at radius 2 is 2.00 bits per heavy atom. The highest BCUT2D eigenvalue weighted by atomic mass is 79.9. The number of H-pyrrole nitrogens is 1. The Balaban J connectivity index is 1.60. The highest BCUT2D eigenvalue weighted by molar-refractivity contribution is 9.10. The number of fused-ring (bicyclic) bond motifs is 1. The molecule has 148 valence electrons. The molecule has 0 aliphatic heterocycles. The summed E-state index contributed by atoms with van der Waals surface area (Å²) in [5.74, 6) is -0.359. The fourth-order valence-electron chi connectivity index (χ4n) is 3.36. The van der Waals surface area contributed by atoms with Crippen LogP contribution in [0.5, 0.6) is 0 Å². The molecule has 0 fully saturated rings. The van der Waals surface area contributed by atoms with E-state index in [1.165, 1.54) is 6.07 Å². The quantitative estimate of drug-likeness (QED) is 0.348. The SMILES string of the molecule is Cc1cc(Br)c(F)cc1CC[S+](=O)(O)c1c[nH]c(-c2cccc3cccnc23)c1. The van der Waals surface area contributed by atoms with Crippen LogP contribution in [-0.2, 0) is 20.8 Å². The summed E-state index contributed by atoms with van der Waals surface area (Å²) in [5.41, 5.74) is 4.03. The number of nitrogens with zero attached hydrogens (tertiary/aromatic N) is 1. The van der Waals surface area contributed by atoms with E-state index in [2.05, 4.69) is 25.9 Å². The van der Waals surface area contributed by atoms with Crippen molar-refractivity contribution in [2.75, 3.05) is 5.75 Å². The summed E-state index contributed by atoms with van der Waals surface area (Å²) in [4.78, 5) is 7.87. The molecule has 4 aromatic rings. The third-order valence-corrected chi connectivity index (χ3v) is 7.31. The van der Waals surface area contributed by atoms with Gasteiger partial charge in [-0.3, -0.25) is 4.98 Å². The number of pyridine rings is 1. The number of rotatable bonds is 5. The first kappa shape index (κ1) is 19.9. The molecule has 2 aromatic heterocycles. The number of halogens is 2. The van der Waals surface area contributed by atoms with E-state index in [0.29, 0.717) is 15.8 Å². The van der Waals surface area contributed by atoms with Crippen molar-refractivity contribution < 1.29 is 13.2 Å². The number of para-hydroxylation sites is 1. The summed E-state index contributed by atoms with van der Waals surface area (Å²) >= 11 is 3.16. The van der Waals surface area contributed by atoms with Crippen molar-refractivity contribution in [3.05, 3.63) is 82.3 Å². The van der Waals surface area contributed by atoms with Crippen LogP contribution in [-0.4, -0.2) is 20.3 Å². The highest BCUT2D eigenvalue weighted by Gasteiger charge is 2.31.